The summed E-state index contributed by atoms with van der Waals surface area (Å²) in [5.41, 5.74) is 4.30. The molecule has 0 bridgehead atoms. The summed E-state index contributed by atoms with van der Waals surface area (Å²) < 4.78 is 6.77. The van der Waals surface area contributed by atoms with Crippen LogP contribution in [0.4, 0.5) is 5.82 Å². The largest absolute Gasteiger partial charge is 0.482 e. The lowest BCUT2D eigenvalue weighted by Gasteiger charge is -2.40. The second kappa shape index (κ2) is 13.3. The number of thioether (sulfide) groups is 1. The van der Waals surface area contributed by atoms with Gasteiger partial charge in [-0.3, -0.25) is 19.5 Å². The normalized spacial score (nSPS) is 17.8. The summed E-state index contributed by atoms with van der Waals surface area (Å²) in [6.07, 6.45) is 9.16. The summed E-state index contributed by atoms with van der Waals surface area (Å²) >= 11 is 1.53. The zero-order valence-corrected chi connectivity index (χ0v) is 26.4. The Labute approximate surface area is 258 Å². The number of carbonyl (C=O) groups is 2. The maximum Gasteiger partial charge on any atom is 0.257 e. The predicted molar refractivity (Wildman–Crippen MR) is 170 cm³/mol. The first kappa shape index (κ1) is 30.7. The second-order valence-electron chi connectivity index (χ2n) is 11.5. The van der Waals surface area contributed by atoms with E-state index in [0.29, 0.717) is 42.0 Å². The summed E-state index contributed by atoms with van der Waals surface area (Å²) in [6.45, 7) is 14.0. The molecule has 1 aromatic carbocycles. The van der Waals surface area contributed by atoms with Gasteiger partial charge in [0.2, 0.25) is 5.91 Å². The average Bonchev–Trinajstić information content (AvgIpc) is 3.84. The number of amides is 2. The number of nitrogens with zero attached hydrogens (tertiary/aromatic N) is 5. The molecule has 1 N–H and O–H groups in total. The summed E-state index contributed by atoms with van der Waals surface area (Å²) in [7, 11) is 0. The number of piperazine rings is 1. The van der Waals surface area contributed by atoms with Crippen molar-refractivity contribution in [2.45, 2.75) is 63.5 Å². The molecule has 1 aliphatic carbocycles. The Kier molecular flexibility index (Phi) is 9.46. The third kappa shape index (κ3) is 7.25. The van der Waals surface area contributed by atoms with Crippen LogP contribution in [-0.4, -0.2) is 75.0 Å². The van der Waals surface area contributed by atoms with E-state index in [9.17, 15) is 9.59 Å². The van der Waals surface area contributed by atoms with Crippen molar-refractivity contribution >= 4 is 29.4 Å². The molecule has 0 spiro atoms. The molecule has 2 aliphatic rings. The molecule has 3 aromatic rings. The van der Waals surface area contributed by atoms with Gasteiger partial charge < -0.3 is 15.0 Å². The molecule has 226 valence electrons. The van der Waals surface area contributed by atoms with Crippen molar-refractivity contribution in [2.24, 2.45) is 0 Å². The number of benzene rings is 1. The lowest BCUT2D eigenvalue weighted by Crippen LogP contribution is -2.54. The fourth-order valence-electron chi connectivity index (χ4n) is 5.48. The second-order valence-corrected chi connectivity index (χ2v) is 12.3. The topological polar surface area (TPSA) is 101 Å². The Morgan fingerprint density at radius 2 is 1.93 bits per heavy atom. The van der Waals surface area contributed by atoms with Gasteiger partial charge in [0.25, 0.3) is 5.91 Å². The van der Waals surface area contributed by atoms with E-state index in [1.54, 1.807) is 13.1 Å². The molecule has 2 atom stereocenters. The molecule has 10 heteroatoms. The molecule has 2 fully saturated rings. The summed E-state index contributed by atoms with van der Waals surface area (Å²) in [5.74, 6) is 2.17. The van der Waals surface area contributed by atoms with E-state index in [2.05, 4.69) is 45.8 Å². The third-order valence-corrected chi connectivity index (χ3v) is 8.89. The molecule has 5 rings (SSSR count). The van der Waals surface area contributed by atoms with Crippen LogP contribution in [0.15, 0.2) is 54.2 Å². The smallest absolute Gasteiger partial charge is 0.257 e. The number of hydrogen-bond acceptors (Lipinski definition) is 8. The highest BCUT2D eigenvalue weighted by Gasteiger charge is 2.30. The van der Waals surface area contributed by atoms with Gasteiger partial charge in [0.1, 0.15) is 17.4 Å². The minimum absolute atomic E-state index is 0.0356. The van der Waals surface area contributed by atoms with Crippen LogP contribution in [0.25, 0.3) is 0 Å². The van der Waals surface area contributed by atoms with Crippen LogP contribution in [-0.2, 0) is 4.79 Å². The third-order valence-electron chi connectivity index (χ3n) is 8.13. The van der Waals surface area contributed by atoms with Gasteiger partial charge >= 0.3 is 0 Å². The minimum Gasteiger partial charge on any atom is -0.482 e. The Balaban J connectivity index is 1.39. The van der Waals surface area contributed by atoms with Crippen molar-refractivity contribution in [1.82, 2.24) is 24.8 Å². The average molecular weight is 601 g/mol. The summed E-state index contributed by atoms with van der Waals surface area (Å²) in [6, 6.07) is 8.14. The first-order chi connectivity index (χ1) is 20.7. The molecule has 3 heterocycles. The van der Waals surface area contributed by atoms with Crippen LogP contribution < -0.4 is 10.1 Å². The number of pyridine rings is 1. The van der Waals surface area contributed by atoms with Gasteiger partial charge in [0, 0.05) is 60.6 Å². The van der Waals surface area contributed by atoms with E-state index < -0.39 is 0 Å². The fourth-order valence-corrected chi connectivity index (χ4v) is 6.02. The lowest BCUT2D eigenvalue weighted by atomic mass is 10.1. The first-order valence-electron chi connectivity index (χ1n) is 14.7. The fraction of sp³-hybridized carbons (Fsp3) is 0.424. The molecular weight excluding hydrogens is 560 g/mol. The molecule has 1 saturated carbocycles. The Hall–Kier alpha value is -3.76. The molecule has 2 aromatic heterocycles. The number of anilines is 1. The zero-order chi connectivity index (χ0) is 30.7. The SMILES string of the molecule is C=CC(=O)N1CCN(C[C@@H](Oc2cc(C)c(C(=O)Nc3nc(C)ncc3C)cc2SC)c2ccc(C3CC3)cn2)C[C@H]1C. The number of aromatic nitrogens is 3. The van der Waals surface area contributed by atoms with Gasteiger partial charge in [0.15, 0.2) is 6.10 Å². The van der Waals surface area contributed by atoms with Gasteiger partial charge in [-0.25, -0.2) is 9.97 Å². The van der Waals surface area contributed by atoms with Crippen LogP contribution >= 0.6 is 11.8 Å². The van der Waals surface area contributed by atoms with E-state index >= 15 is 0 Å². The van der Waals surface area contributed by atoms with E-state index in [-0.39, 0.29) is 24.0 Å². The maximum atomic E-state index is 13.3. The molecule has 0 unspecified atom stereocenters. The molecule has 9 nitrogen and oxygen atoms in total. The van der Waals surface area contributed by atoms with Gasteiger partial charge in [-0.2, -0.15) is 0 Å². The Morgan fingerprint density at radius 1 is 1.14 bits per heavy atom. The monoisotopic (exact) mass is 600 g/mol. The molecule has 1 saturated heterocycles. The van der Waals surface area contributed by atoms with Crippen molar-refractivity contribution in [3.8, 4) is 5.75 Å². The lowest BCUT2D eigenvalue weighted by molar-refractivity contribution is -0.130. The Bertz CT molecular complexity index is 1510. The van der Waals surface area contributed by atoms with Crippen LogP contribution in [0, 0.1) is 20.8 Å². The molecule has 2 amide bonds. The summed E-state index contributed by atoms with van der Waals surface area (Å²) in [4.78, 5) is 44.1. The Morgan fingerprint density at radius 3 is 2.58 bits per heavy atom. The van der Waals surface area contributed by atoms with E-state index in [1.165, 1.54) is 36.2 Å². The van der Waals surface area contributed by atoms with Gasteiger partial charge in [-0.15, -0.1) is 11.8 Å². The van der Waals surface area contributed by atoms with Crippen LogP contribution in [0.5, 0.6) is 5.75 Å². The number of nitrogens with one attached hydrogen (secondary N) is 1. The summed E-state index contributed by atoms with van der Waals surface area (Å²) in [5, 5.41) is 2.95. The highest BCUT2D eigenvalue weighted by Crippen LogP contribution is 2.40. The minimum atomic E-state index is -0.335. The molecule has 0 radical (unpaired) electrons. The quantitative estimate of drug-likeness (QED) is 0.241. The van der Waals surface area contributed by atoms with E-state index in [0.717, 1.165) is 34.8 Å². The molecule has 43 heavy (non-hydrogen) atoms. The van der Waals surface area contributed by atoms with Gasteiger partial charge in [-0.05, 0) is 88.1 Å². The van der Waals surface area contributed by atoms with Crippen molar-refractivity contribution in [3.05, 3.63) is 83.1 Å². The van der Waals surface area contributed by atoms with Crippen molar-refractivity contribution < 1.29 is 14.3 Å². The van der Waals surface area contributed by atoms with Crippen molar-refractivity contribution in [3.63, 3.8) is 0 Å². The van der Waals surface area contributed by atoms with Gasteiger partial charge in [-0.1, -0.05) is 12.6 Å². The predicted octanol–water partition coefficient (Wildman–Crippen LogP) is 5.49. The number of rotatable bonds is 10. The molecule has 1 aliphatic heterocycles. The number of ether oxygens (including phenoxy) is 1. The van der Waals surface area contributed by atoms with Gasteiger partial charge in [0.05, 0.1) is 5.69 Å². The van der Waals surface area contributed by atoms with Crippen LogP contribution in [0.1, 0.15) is 70.4 Å². The standard InChI is InChI=1S/C33H40N6O3S/c1-7-31(40)39-13-12-38(18-22(39)4)19-29(27-11-10-25(17-35-27)24-8-9-24)42-28-14-20(2)26(15-30(28)43-6)33(41)37-32-21(3)16-34-23(5)36-32/h7,10-11,14-17,22,24,29H,1,8-9,12-13,18-19H2,2-6H3,(H,34,36,37,41)/t22-,29-/m1/s1. The number of carbonyl (C=O) groups excluding carboxylic acids is 2. The highest BCUT2D eigenvalue weighted by atomic mass is 32.2. The number of hydrogen-bond donors (Lipinski definition) is 1. The first-order valence-corrected chi connectivity index (χ1v) is 16.0. The van der Waals surface area contributed by atoms with Crippen molar-refractivity contribution in [2.75, 3.05) is 37.8 Å². The number of aryl methyl sites for hydroxylation is 3. The molecular formula is C33H40N6O3S. The van der Waals surface area contributed by atoms with Crippen LogP contribution in [0.3, 0.4) is 0 Å². The van der Waals surface area contributed by atoms with Crippen molar-refractivity contribution in [1.29, 1.82) is 0 Å². The maximum absolute atomic E-state index is 13.3. The van der Waals surface area contributed by atoms with E-state index in [4.69, 9.17) is 9.72 Å². The highest BCUT2D eigenvalue weighted by molar-refractivity contribution is 7.98. The van der Waals surface area contributed by atoms with Crippen LogP contribution in [0.2, 0.25) is 0 Å². The van der Waals surface area contributed by atoms with E-state index in [1.807, 2.05) is 43.3 Å². The zero-order valence-electron chi connectivity index (χ0n) is 25.6.